The zero-order chi connectivity index (χ0) is 10.8. The number of allylic oxidation sites excluding steroid dienone is 4. The first-order chi connectivity index (χ1) is 7.95. The fourth-order valence-corrected chi connectivity index (χ4v) is 1.90. The van der Waals surface area contributed by atoms with Crippen molar-refractivity contribution in [1.82, 2.24) is 9.72 Å². The fourth-order valence-electron chi connectivity index (χ4n) is 1.90. The van der Waals surface area contributed by atoms with Crippen LogP contribution in [0.2, 0.25) is 0 Å². The summed E-state index contributed by atoms with van der Waals surface area (Å²) < 4.78 is 2.17. The summed E-state index contributed by atoms with van der Waals surface area (Å²) in [6.45, 7) is 0. The van der Waals surface area contributed by atoms with Crippen molar-refractivity contribution in [2.45, 2.75) is 0 Å². The molecule has 78 valence electrons. The summed E-state index contributed by atoms with van der Waals surface area (Å²) >= 11 is 0. The minimum atomic E-state index is 1.10. The van der Waals surface area contributed by atoms with E-state index in [0.29, 0.717) is 0 Å². The molecular formula is C14H12N2. The number of hydrogen-bond acceptors (Lipinski definition) is 1. The average molecular weight is 208 g/mol. The number of nitrogens with one attached hydrogen (secondary N) is 1. The molecule has 1 N–H and O–H groups in total. The van der Waals surface area contributed by atoms with Crippen LogP contribution in [0.5, 0.6) is 0 Å². The minimum absolute atomic E-state index is 1.10. The van der Waals surface area contributed by atoms with Gasteiger partial charge in [0.15, 0.2) is 0 Å². The van der Waals surface area contributed by atoms with Crippen molar-refractivity contribution in [3.63, 3.8) is 0 Å². The average Bonchev–Trinajstić information content (AvgIpc) is 2.63. The summed E-state index contributed by atoms with van der Waals surface area (Å²) in [6.07, 6.45) is 12.1. The summed E-state index contributed by atoms with van der Waals surface area (Å²) in [5.41, 5.74) is 3.47. The summed E-state index contributed by atoms with van der Waals surface area (Å²) in [4.78, 5) is 0. The van der Waals surface area contributed by atoms with Crippen molar-refractivity contribution in [2.75, 3.05) is 0 Å². The van der Waals surface area contributed by atoms with Gasteiger partial charge in [-0.05, 0) is 36.4 Å². The first kappa shape index (κ1) is 9.04. The molecule has 0 aliphatic carbocycles. The van der Waals surface area contributed by atoms with Gasteiger partial charge in [0.25, 0.3) is 0 Å². The number of fused-ring (bicyclic) bond motifs is 1. The molecule has 3 rings (SSSR count). The van der Waals surface area contributed by atoms with E-state index in [0.717, 1.165) is 5.70 Å². The van der Waals surface area contributed by atoms with Crippen LogP contribution in [-0.4, -0.2) is 4.40 Å². The summed E-state index contributed by atoms with van der Waals surface area (Å²) in [7, 11) is 0. The second-order valence-electron chi connectivity index (χ2n) is 3.68. The van der Waals surface area contributed by atoms with Crippen LogP contribution < -0.4 is 5.32 Å². The van der Waals surface area contributed by atoms with Crippen LogP contribution in [0.4, 0.5) is 0 Å². The topological polar surface area (TPSA) is 16.4 Å². The number of nitrogens with zero attached hydrogens (tertiary/aromatic N) is 1. The van der Waals surface area contributed by atoms with Crippen LogP contribution in [0.3, 0.4) is 0 Å². The van der Waals surface area contributed by atoms with Gasteiger partial charge in [-0.15, -0.1) is 0 Å². The Labute approximate surface area is 94.2 Å². The zero-order valence-electron chi connectivity index (χ0n) is 8.80. The molecule has 16 heavy (non-hydrogen) atoms. The van der Waals surface area contributed by atoms with E-state index in [4.69, 9.17) is 0 Å². The molecule has 1 aliphatic heterocycles. The Hall–Kier alpha value is -2.22. The van der Waals surface area contributed by atoms with Gasteiger partial charge in [0.1, 0.15) is 0 Å². The molecule has 2 nitrogen and oxygen atoms in total. The zero-order valence-corrected chi connectivity index (χ0v) is 8.80. The Balaban J connectivity index is 2.18. The van der Waals surface area contributed by atoms with E-state index in [1.54, 1.807) is 0 Å². The maximum Gasteiger partial charge on any atom is 0.0691 e. The van der Waals surface area contributed by atoms with Gasteiger partial charge < -0.3 is 9.72 Å². The lowest BCUT2D eigenvalue weighted by atomic mass is 10.2. The van der Waals surface area contributed by atoms with Crippen LogP contribution in [-0.2, 0) is 0 Å². The van der Waals surface area contributed by atoms with E-state index < -0.39 is 0 Å². The Morgan fingerprint density at radius 1 is 0.938 bits per heavy atom. The number of pyridine rings is 1. The fraction of sp³-hybridized carbons (Fsp3) is 0. The molecule has 0 amide bonds. The molecule has 2 aromatic rings. The third-order valence-electron chi connectivity index (χ3n) is 2.66. The Kier molecular flexibility index (Phi) is 2.11. The molecule has 2 aromatic heterocycles. The summed E-state index contributed by atoms with van der Waals surface area (Å²) in [5, 5.41) is 3.28. The van der Waals surface area contributed by atoms with Crippen LogP contribution in [0.1, 0.15) is 5.69 Å². The molecular weight excluding hydrogens is 196 g/mol. The van der Waals surface area contributed by atoms with Crippen molar-refractivity contribution >= 4 is 11.2 Å². The van der Waals surface area contributed by atoms with Crippen molar-refractivity contribution < 1.29 is 0 Å². The van der Waals surface area contributed by atoms with Gasteiger partial charge >= 0.3 is 0 Å². The predicted octanol–water partition coefficient (Wildman–Crippen LogP) is 2.95. The van der Waals surface area contributed by atoms with Crippen LogP contribution in [0.15, 0.2) is 67.0 Å². The van der Waals surface area contributed by atoms with E-state index in [-0.39, 0.29) is 0 Å². The molecule has 0 bridgehead atoms. The largest absolute Gasteiger partial charge is 0.360 e. The standard InChI is InChI=1S/C14H12N2/c1-2-8-13(15-10-3-1)14-9-4-6-12-7-5-11-16(12)14/h1-11,15H. The van der Waals surface area contributed by atoms with E-state index >= 15 is 0 Å². The summed E-state index contributed by atoms with van der Waals surface area (Å²) in [5.74, 6) is 0. The lowest BCUT2D eigenvalue weighted by molar-refractivity contribution is 1.10. The Bertz CT molecular complexity index is 600. The second kappa shape index (κ2) is 3.74. The Morgan fingerprint density at radius 2 is 1.88 bits per heavy atom. The minimum Gasteiger partial charge on any atom is -0.360 e. The first-order valence-corrected chi connectivity index (χ1v) is 5.32. The molecule has 0 saturated heterocycles. The highest BCUT2D eigenvalue weighted by Crippen LogP contribution is 2.16. The smallest absolute Gasteiger partial charge is 0.0691 e. The maximum absolute atomic E-state index is 3.28. The van der Waals surface area contributed by atoms with Crippen LogP contribution in [0.25, 0.3) is 11.2 Å². The third-order valence-corrected chi connectivity index (χ3v) is 2.66. The summed E-state index contributed by atoms with van der Waals surface area (Å²) in [6, 6.07) is 10.4. The van der Waals surface area contributed by atoms with Crippen molar-refractivity contribution in [3.8, 4) is 0 Å². The van der Waals surface area contributed by atoms with Gasteiger partial charge in [-0.25, -0.2) is 0 Å². The van der Waals surface area contributed by atoms with Crippen LogP contribution >= 0.6 is 0 Å². The third kappa shape index (κ3) is 1.44. The highest BCUT2D eigenvalue weighted by atomic mass is 15.0. The first-order valence-electron chi connectivity index (χ1n) is 5.32. The van der Waals surface area contributed by atoms with Crippen LogP contribution in [0, 0.1) is 0 Å². The van der Waals surface area contributed by atoms with Gasteiger partial charge in [-0.2, -0.15) is 0 Å². The SMILES string of the molecule is C1=CC=C(c2cccc3cccn23)NC=C1. The molecule has 3 heterocycles. The number of rotatable bonds is 1. The molecule has 1 aliphatic rings. The van der Waals surface area contributed by atoms with E-state index in [9.17, 15) is 0 Å². The molecule has 0 spiro atoms. The molecule has 0 atom stereocenters. The predicted molar refractivity (Wildman–Crippen MR) is 66.8 cm³/mol. The van der Waals surface area contributed by atoms with Crippen molar-refractivity contribution in [3.05, 3.63) is 72.7 Å². The normalized spacial score (nSPS) is 14.6. The maximum atomic E-state index is 3.28. The molecule has 0 radical (unpaired) electrons. The quantitative estimate of drug-likeness (QED) is 0.762. The highest BCUT2D eigenvalue weighted by molar-refractivity contribution is 5.67. The van der Waals surface area contributed by atoms with E-state index in [2.05, 4.69) is 52.3 Å². The molecule has 0 unspecified atom stereocenters. The lowest BCUT2D eigenvalue weighted by Crippen LogP contribution is -2.06. The molecule has 0 saturated carbocycles. The highest BCUT2D eigenvalue weighted by Gasteiger charge is 2.04. The monoisotopic (exact) mass is 208 g/mol. The second-order valence-corrected chi connectivity index (χ2v) is 3.68. The van der Waals surface area contributed by atoms with Crippen molar-refractivity contribution in [1.29, 1.82) is 0 Å². The molecule has 0 fully saturated rings. The van der Waals surface area contributed by atoms with Gasteiger partial charge in [-0.3, -0.25) is 0 Å². The number of aromatic nitrogens is 1. The van der Waals surface area contributed by atoms with Crippen molar-refractivity contribution in [2.24, 2.45) is 0 Å². The van der Waals surface area contributed by atoms with E-state index in [1.165, 1.54) is 11.2 Å². The Morgan fingerprint density at radius 3 is 2.88 bits per heavy atom. The lowest BCUT2D eigenvalue weighted by Gasteiger charge is -2.09. The van der Waals surface area contributed by atoms with E-state index in [1.807, 2.05) is 24.4 Å². The van der Waals surface area contributed by atoms with Gasteiger partial charge in [0.2, 0.25) is 0 Å². The number of hydrogen-bond donors (Lipinski definition) is 1. The molecule has 0 aromatic carbocycles. The van der Waals surface area contributed by atoms with Gasteiger partial charge in [0, 0.05) is 17.9 Å². The van der Waals surface area contributed by atoms with Gasteiger partial charge in [0.05, 0.1) is 11.4 Å². The van der Waals surface area contributed by atoms with Gasteiger partial charge in [-0.1, -0.05) is 18.2 Å². The molecule has 2 heteroatoms.